The van der Waals surface area contributed by atoms with Gasteiger partial charge in [-0.1, -0.05) is 12.1 Å². The first kappa shape index (κ1) is 27.6. The summed E-state index contributed by atoms with van der Waals surface area (Å²) in [6.07, 6.45) is -0.0807. The molecule has 3 aromatic heterocycles. The van der Waals surface area contributed by atoms with Crippen molar-refractivity contribution in [2.75, 3.05) is 30.8 Å². The fraction of sp³-hybridized carbons (Fsp3) is 0.241. The Morgan fingerprint density at radius 3 is 2.69 bits per heavy atom. The van der Waals surface area contributed by atoms with Crippen molar-refractivity contribution >= 4 is 43.1 Å². The first-order chi connectivity index (χ1) is 20.1. The molecule has 2 N–H and O–H groups in total. The van der Waals surface area contributed by atoms with E-state index in [0.717, 1.165) is 30.2 Å². The van der Waals surface area contributed by atoms with Gasteiger partial charge in [0.05, 0.1) is 22.9 Å². The van der Waals surface area contributed by atoms with Crippen molar-refractivity contribution in [1.82, 2.24) is 15.0 Å². The van der Waals surface area contributed by atoms with Crippen LogP contribution in [0.3, 0.4) is 0 Å². The molecule has 0 spiro atoms. The summed E-state index contributed by atoms with van der Waals surface area (Å²) in [5.41, 5.74) is 3.73. The molecule has 0 saturated carbocycles. The summed E-state index contributed by atoms with van der Waals surface area (Å²) in [5.74, 6) is -1.97. The van der Waals surface area contributed by atoms with Crippen LogP contribution in [0.1, 0.15) is 35.4 Å². The van der Waals surface area contributed by atoms with Gasteiger partial charge in [-0.3, -0.25) is 4.98 Å². The number of piperidine rings is 1. The standard InChI is InChI=1S/C29H21F5N6OS/c1-41-28-38-24-17(27(39-28)40-9-3-5-15(13-40)14-4-2-8-37-12-14)10-19(29(32,33)34)22(23(24)31)16-6-7-20(30)25-21(16)18(11-35)26(36)42-25/h2,4,6-8,10,12,15H,3,5,9,13,36H2,1H3. The van der Waals surface area contributed by atoms with Gasteiger partial charge < -0.3 is 15.4 Å². The highest BCUT2D eigenvalue weighted by Crippen LogP contribution is 2.48. The molecule has 0 radical (unpaired) electrons. The van der Waals surface area contributed by atoms with Gasteiger partial charge in [-0.2, -0.15) is 28.4 Å². The molecular formula is C29H21F5N6OS. The zero-order valence-corrected chi connectivity index (χ0v) is 22.8. The molecule has 6 rings (SSSR count). The van der Waals surface area contributed by atoms with Gasteiger partial charge in [0.1, 0.15) is 28.2 Å². The Morgan fingerprint density at radius 2 is 2.00 bits per heavy atom. The van der Waals surface area contributed by atoms with Crippen molar-refractivity contribution in [2.24, 2.45) is 0 Å². The third-order valence-electron chi connectivity index (χ3n) is 7.45. The number of hydrogen-bond donors (Lipinski definition) is 1. The lowest BCUT2D eigenvalue weighted by Crippen LogP contribution is -2.35. The molecular weight excluding hydrogens is 575 g/mol. The third kappa shape index (κ3) is 4.52. The van der Waals surface area contributed by atoms with Crippen LogP contribution in [-0.4, -0.2) is 35.2 Å². The Bertz CT molecular complexity index is 1890. The number of rotatable bonds is 4. The number of benzene rings is 2. The number of pyridine rings is 1. The number of nitriles is 1. The largest absolute Gasteiger partial charge is 0.467 e. The van der Waals surface area contributed by atoms with Crippen LogP contribution in [0.25, 0.3) is 32.1 Å². The predicted molar refractivity (Wildman–Crippen MR) is 149 cm³/mol. The third-order valence-corrected chi connectivity index (χ3v) is 8.48. The number of fused-ring (bicyclic) bond motifs is 2. The summed E-state index contributed by atoms with van der Waals surface area (Å²) in [5, 5.41) is 9.25. The Kier molecular flexibility index (Phi) is 6.81. The van der Waals surface area contributed by atoms with Gasteiger partial charge in [0.2, 0.25) is 0 Å². The van der Waals surface area contributed by atoms with Crippen LogP contribution in [0.2, 0.25) is 0 Å². The summed E-state index contributed by atoms with van der Waals surface area (Å²) in [6.45, 7) is 0.874. The summed E-state index contributed by atoms with van der Waals surface area (Å²) >= 11 is 0.707. The van der Waals surface area contributed by atoms with E-state index in [9.17, 15) is 22.8 Å². The van der Waals surface area contributed by atoms with Gasteiger partial charge in [-0.05, 0) is 42.2 Å². The average Bonchev–Trinajstić information content (AvgIpc) is 3.34. The zero-order chi connectivity index (χ0) is 29.8. The number of alkyl halides is 3. The molecule has 4 heterocycles. The van der Waals surface area contributed by atoms with Crippen LogP contribution < -0.4 is 15.4 Å². The number of halogens is 5. The Morgan fingerprint density at radius 1 is 1.19 bits per heavy atom. The average molecular weight is 597 g/mol. The molecule has 1 aliphatic rings. The number of hydrogen-bond acceptors (Lipinski definition) is 8. The monoisotopic (exact) mass is 596 g/mol. The van der Waals surface area contributed by atoms with Crippen LogP contribution in [0, 0.1) is 23.0 Å². The van der Waals surface area contributed by atoms with E-state index in [2.05, 4.69) is 15.0 Å². The van der Waals surface area contributed by atoms with Gasteiger partial charge in [-0.15, -0.1) is 11.3 Å². The number of nitrogens with zero attached hydrogens (tertiary/aromatic N) is 5. The van der Waals surface area contributed by atoms with Crippen molar-refractivity contribution in [3.8, 4) is 23.2 Å². The number of methoxy groups -OCH3 is 1. The van der Waals surface area contributed by atoms with Crippen molar-refractivity contribution < 1.29 is 26.7 Å². The number of ether oxygens (including phenoxy) is 1. The minimum absolute atomic E-state index is 0.0237. The Hall–Kier alpha value is -4.57. The van der Waals surface area contributed by atoms with E-state index in [1.807, 2.05) is 18.2 Å². The fourth-order valence-corrected chi connectivity index (χ4v) is 6.53. The maximum absolute atomic E-state index is 16.5. The van der Waals surface area contributed by atoms with E-state index in [1.54, 1.807) is 17.3 Å². The molecule has 7 nitrogen and oxygen atoms in total. The molecule has 1 saturated heterocycles. The molecule has 0 amide bonds. The van der Waals surface area contributed by atoms with Gasteiger partial charge >= 0.3 is 12.2 Å². The summed E-state index contributed by atoms with van der Waals surface area (Å²) in [4.78, 5) is 14.4. The lowest BCUT2D eigenvalue weighted by atomic mass is 9.90. The molecule has 13 heteroatoms. The minimum Gasteiger partial charge on any atom is -0.467 e. The lowest BCUT2D eigenvalue weighted by molar-refractivity contribution is -0.137. The molecule has 5 aromatic rings. The van der Waals surface area contributed by atoms with E-state index in [1.165, 1.54) is 7.11 Å². The summed E-state index contributed by atoms with van der Waals surface area (Å²) in [6, 6.07) is 8.10. The van der Waals surface area contributed by atoms with Crippen LogP contribution in [-0.2, 0) is 6.18 Å². The predicted octanol–water partition coefficient (Wildman–Crippen LogP) is 7.05. The quantitative estimate of drug-likeness (QED) is 0.222. The molecule has 1 fully saturated rings. The molecule has 1 atom stereocenters. The topological polar surface area (TPSA) is 101 Å². The number of nitrogen functional groups attached to an aromatic ring is 1. The van der Waals surface area contributed by atoms with Gasteiger partial charge in [0.15, 0.2) is 5.82 Å². The van der Waals surface area contributed by atoms with Gasteiger partial charge in [0, 0.05) is 47.7 Å². The SMILES string of the molecule is COc1nc(N2CCCC(c3cccnc3)C2)c2cc(C(F)(F)F)c(-c3ccc(F)c4sc(N)c(C#N)c34)c(F)c2n1. The lowest BCUT2D eigenvalue weighted by Gasteiger charge is -2.34. The first-order valence-corrected chi connectivity index (χ1v) is 13.6. The smallest absolute Gasteiger partial charge is 0.417 e. The molecule has 214 valence electrons. The normalized spacial score (nSPS) is 15.7. The van der Waals surface area contributed by atoms with E-state index >= 15 is 4.39 Å². The summed E-state index contributed by atoms with van der Waals surface area (Å²) in [7, 11) is 1.28. The van der Waals surface area contributed by atoms with E-state index in [0.29, 0.717) is 30.8 Å². The summed E-state index contributed by atoms with van der Waals surface area (Å²) < 4.78 is 80.4. The number of thiophene rings is 1. The van der Waals surface area contributed by atoms with Crippen molar-refractivity contribution in [2.45, 2.75) is 24.9 Å². The highest BCUT2D eigenvalue weighted by molar-refractivity contribution is 7.23. The highest BCUT2D eigenvalue weighted by Gasteiger charge is 2.39. The van der Waals surface area contributed by atoms with E-state index in [4.69, 9.17) is 10.5 Å². The zero-order valence-electron chi connectivity index (χ0n) is 22.0. The van der Waals surface area contributed by atoms with Crippen LogP contribution in [0.4, 0.5) is 32.8 Å². The van der Waals surface area contributed by atoms with Crippen LogP contribution >= 0.6 is 11.3 Å². The minimum atomic E-state index is -5.03. The van der Waals surface area contributed by atoms with E-state index in [-0.39, 0.29) is 49.3 Å². The second kappa shape index (κ2) is 10.4. The second-order valence-corrected chi connectivity index (χ2v) is 10.9. The number of aromatic nitrogens is 3. The highest BCUT2D eigenvalue weighted by atomic mass is 32.1. The first-order valence-electron chi connectivity index (χ1n) is 12.8. The molecule has 2 aromatic carbocycles. The molecule has 1 aliphatic heterocycles. The Labute approximate surface area is 240 Å². The van der Waals surface area contributed by atoms with Gasteiger partial charge in [-0.25, -0.2) is 8.78 Å². The maximum Gasteiger partial charge on any atom is 0.417 e. The van der Waals surface area contributed by atoms with E-state index < -0.39 is 34.5 Å². The number of anilines is 2. The maximum atomic E-state index is 16.5. The number of nitrogens with two attached hydrogens (primary N) is 1. The van der Waals surface area contributed by atoms with Crippen LogP contribution in [0.15, 0.2) is 42.7 Å². The molecule has 42 heavy (non-hydrogen) atoms. The van der Waals surface area contributed by atoms with Crippen LogP contribution in [0.5, 0.6) is 6.01 Å². The molecule has 1 unspecified atom stereocenters. The van der Waals surface area contributed by atoms with Crippen molar-refractivity contribution in [3.63, 3.8) is 0 Å². The Balaban J connectivity index is 1.63. The second-order valence-electron chi connectivity index (χ2n) is 9.86. The van der Waals surface area contributed by atoms with Crippen molar-refractivity contribution in [1.29, 1.82) is 5.26 Å². The molecule has 0 aliphatic carbocycles. The fourth-order valence-electron chi connectivity index (χ4n) is 5.58. The van der Waals surface area contributed by atoms with Gasteiger partial charge in [0.25, 0.3) is 0 Å². The molecule has 0 bridgehead atoms. The van der Waals surface area contributed by atoms with Crippen molar-refractivity contribution in [3.05, 3.63) is 71.1 Å².